The molecule has 1 aromatic rings. The number of hydrogen-bond donors (Lipinski definition) is 1. The van der Waals surface area contributed by atoms with Gasteiger partial charge >= 0.3 is 6.03 Å². The van der Waals surface area contributed by atoms with Crippen molar-refractivity contribution in [1.82, 2.24) is 15.1 Å². The van der Waals surface area contributed by atoms with Crippen LogP contribution in [0.5, 0.6) is 0 Å². The molecule has 1 saturated carbocycles. The molecule has 6 heteroatoms. The summed E-state index contributed by atoms with van der Waals surface area (Å²) in [6.45, 7) is 1.79. The smallest absolute Gasteiger partial charge is 0.323 e. The average molecular weight is 266 g/mol. The molecule has 1 aliphatic heterocycles. The number of piperidine rings is 1. The molecule has 3 rings (SSSR count). The Morgan fingerprint density at radius 1 is 1.33 bits per heavy atom. The summed E-state index contributed by atoms with van der Waals surface area (Å²) in [5.74, 6) is 1.57. The second-order valence-electron chi connectivity index (χ2n) is 5.21. The number of hydrogen-bond acceptors (Lipinski definition) is 4. The van der Waals surface area contributed by atoms with Gasteiger partial charge in [0.15, 0.2) is 0 Å². The van der Waals surface area contributed by atoms with E-state index in [4.69, 9.17) is 0 Å². The molecule has 2 atom stereocenters. The first-order valence-corrected chi connectivity index (χ1v) is 7.53. The Morgan fingerprint density at radius 2 is 2.17 bits per heavy atom. The van der Waals surface area contributed by atoms with Crippen molar-refractivity contribution in [2.24, 2.45) is 11.8 Å². The van der Waals surface area contributed by atoms with E-state index < -0.39 is 0 Å². The minimum atomic E-state index is -0.0178. The zero-order valence-electron chi connectivity index (χ0n) is 10.3. The number of aromatic nitrogens is 2. The molecule has 2 unspecified atom stereocenters. The fraction of sp³-hybridized carbons (Fsp3) is 0.750. The summed E-state index contributed by atoms with van der Waals surface area (Å²) in [6, 6.07) is -0.0178. The summed E-state index contributed by atoms with van der Waals surface area (Å²) in [6.07, 6.45) is 6.50. The van der Waals surface area contributed by atoms with E-state index in [0.29, 0.717) is 11.0 Å². The minimum absolute atomic E-state index is 0.0178. The van der Waals surface area contributed by atoms with Crippen molar-refractivity contribution in [2.45, 2.75) is 32.1 Å². The number of likely N-dealkylation sites (tertiary alicyclic amines) is 1. The molecule has 18 heavy (non-hydrogen) atoms. The molecule has 2 amide bonds. The Morgan fingerprint density at radius 3 is 2.94 bits per heavy atom. The van der Waals surface area contributed by atoms with Crippen molar-refractivity contribution in [3.05, 3.63) is 5.51 Å². The van der Waals surface area contributed by atoms with Crippen LogP contribution in [0.3, 0.4) is 0 Å². The van der Waals surface area contributed by atoms with Crippen LogP contribution in [0.2, 0.25) is 0 Å². The Labute approximate surface area is 111 Å². The Hall–Kier alpha value is -1.17. The molecule has 1 N–H and O–H groups in total. The van der Waals surface area contributed by atoms with Gasteiger partial charge in [-0.1, -0.05) is 30.6 Å². The van der Waals surface area contributed by atoms with Crippen LogP contribution >= 0.6 is 11.3 Å². The molecule has 0 radical (unpaired) electrons. The van der Waals surface area contributed by atoms with Gasteiger partial charge in [0.05, 0.1) is 0 Å². The van der Waals surface area contributed by atoms with E-state index in [1.54, 1.807) is 5.51 Å². The van der Waals surface area contributed by atoms with Crippen molar-refractivity contribution < 1.29 is 4.79 Å². The predicted octanol–water partition coefficient (Wildman–Crippen LogP) is 2.58. The lowest BCUT2D eigenvalue weighted by atomic mass is 9.75. The molecule has 1 saturated heterocycles. The SMILES string of the molecule is O=C(Nc1nncs1)N1CCC2CCCCC2C1. The lowest BCUT2D eigenvalue weighted by Gasteiger charge is -2.41. The van der Waals surface area contributed by atoms with Gasteiger partial charge in [0.2, 0.25) is 5.13 Å². The molecule has 5 nitrogen and oxygen atoms in total. The largest absolute Gasteiger partial charge is 0.324 e. The fourth-order valence-electron chi connectivity index (χ4n) is 3.18. The average Bonchev–Trinajstić information content (AvgIpc) is 2.91. The third-order valence-electron chi connectivity index (χ3n) is 4.15. The second kappa shape index (κ2) is 5.22. The van der Waals surface area contributed by atoms with E-state index in [-0.39, 0.29) is 6.03 Å². The zero-order chi connectivity index (χ0) is 12.4. The lowest BCUT2D eigenvalue weighted by Crippen LogP contribution is -2.46. The van der Waals surface area contributed by atoms with Gasteiger partial charge in [0, 0.05) is 13.1 Å². The summed E-state index contributed by atoms with van der Waals surface area (Å²) in [7, 11) is 0. The van der Waals surface area contributed by atoms with Crippen LogP contribution in [0.25, 0.3) is 0 Å². The maximum Gasteiger partial charge on any atom is 0.323 e. The van der Waals surface area contributed by atoms with Gasteiger partial charge in [-0.05, 0) is 24.7 Å². The highest BCUT2D eigenvalue weighted by atomic mass is 32.1. The molecule has 0 spiro atoms. The highest BCUT2D eigenvalue weighted by Crippen LogP contribution is 2.36. The first-order valence-electron chi connectivity index (χ1n) is 6.65. The number of rotatable bonds is 1. The van der Waals surface area contributed by atoms with E-state index in [1.807, 2.05) is 4.90 Å². The third kappa shape index (κ3) is 2.48. The molecule has 0 bridgehead atoms. The molecule has 2 aliphatic rings. The minimum Gasteiger partial charge on any atom is -0.324 e. The number of urea groups is 1. The van der Waals surface area contributed by atoms with Gasteiger partial charge in [-0.2, -0.15) is 0 Å². The molecule has 98 valence electrons. The van der Waals surface area contributed by atoms with Gasteiger partial charge in [-0.3, -0.25) is 5.32 Å². The van der Waals surface area contributed by atoms with Crippen molar-refractivity contribution in [2.75, 3.05) is 18.4 Å². The van der Waals surface area contributed by atoms with Gasteiger partial charge in [0.1, 0.15) is 5.51 Å². The highest BCUT2D eigenvalue weighted by molar-refractivity contribution is 7.13. The normalized spacial score (nSPS) is 27.7. The molecule has 1 aromatic heterocycles. The van der Waals surface area contributed by atoms with E-state index in [9.17, 15) is 4.79 Å². The summed E-state index contributed by atoms with van der Waals surface area (Å²) < 4.78 is 0. The van der Waals surface area contributed by atoms with Gasteiger partial charge in [-0.25, -0.2) is 4.79 Å². The Kier molecular flexibility index (Phi) is 3.45. The standard InChI is InChI=1S/C12H18N4OS/c17-12(14-11-15-13-8-18-11)16-6-5-9-3-1-2-4-10(9)7-16/h8-10H,1-7H2,(H,14,15,17). The second-order valence-corrected chi connectivity index (χ2v) is 6.05. The summed E-state index contributed by atoms with van der Waals surface area (Å²) in [5, 5.41) is 11.0. The summed E-state index contributed by atoms with van der Waals surface area (Å²) in [5.41, 5.74) is 1.63. The number of nitrogens with one attached hydrogen (secondary N) is 1. The van der Waals surface area contributed by atoms with Crippen LogP contribution in [0.1, 0.15) is 32.1 Å². The number of fused-ring (bicyclic) bond motifs is 1. The molecule has 2 fully saturated rings. The maximum atomic E-state index is 12.1. The predicted molar refractivity (Wildman–Crippen MR) is 70.6 cm³/mol. The fourth-order valence-corrected chi connectivity index (χ4v) is 3.62. The van der Waals surface area contributed by atoms with Crippen LogP contribution in [-0.2, 0) is 0 Å². The number of carbonyl (C=O) groups is 1. The van der Waals surface area contributed by atoms with Gasteiger partial charge < -0.3 is 4.90 Å². The summed E-state index contributed by atoms with van der Waals surface area (Å²) in [4.78, 5) is 14.0. The van der Waals surface area contributed by atoms with Crippen molar-refractivity contribution in [1.29, 1.82) is 0 Å². The maximum absolute atomic E-state index is 12.1. The van der Waals surface area contributed by atoms with Crippen LogP contribution in [0.4, 0.5) is 9.93 Å². The number of amides is 2. The monoisotopic (exact) mass is 266 g/mol. The van der Waals surface area contributed by atoms with Crippen molar-refractivity contribution >= 4 is 22.5 Å². The molecular formula is C12H18N4OS. The highest BCUT2D eigenvalue weighted by Gasteiger charge is 2.33. The van der Waals surface area contributed by atoms with Gasteiger partial charge in [-0.15, -0.1) is 10.2 Å². The summed E-state index contributed by atoms with van der Waals surface area (Å²) >= 11 is 1.36. The first-order chi connectivity index (χ1) is 8.83. The lowest BCUT2D eigenvalue weighted by molar-refractivity contribution is 0.108. The topological polar surface area (TPSA) is 58.1 Å². The molecular weight excluding hydrogens is 248 g/mol. The van der Waals surface area contributed by atoms with Crippen molar-refractivity contribution in [3.63, 3.8) is 0 Å². The Bertz CT molecular complexity index is 408. The molecule has 1 aliphatic carbocycles. The Balaban J connectivity index is 1.58. The zero-order valence-corrected chi connectivity index (χ0v) is 11.2. The van der Waals surface area contributed by atoms with Crippen molar-refractivity contribution in [3.8, 4) is 0 Å². The molecule has 0 aromatic carbocycles. The third-order valence-corrected chi connectivity index (χ3v) is 4.76. The number of anilines is 1. The number of carbonyl (C=O) groups excluding carboxylic acids is 1. The van der Waals surface area contributed by atoms with Crippen LogP contribution in [0, 0.1) is 11.8 Å². The van der Waals surface area contributed by atoms with Crippen LogP contribution < -0.4 is 5.32 Å². The molecule has 2 heterocycles. The first kappa shape index (κ1) is 11.9. The van der Waals surface area contributed by atoms with E-state index in [0.717, 1.165) is 25.4 Å². The van der Waals surface area contributed by atoms with E-state index in [2.05, 4.69) is 15.5 Å². The van der Waals surface area contributed by atoms with E-state index >= 15 is 0 Å². The van der Waals surface area contributed by atoms with Crippen LogP contribution in [-0.4, -0.2) is 34.2 Å². The van der Waals surface area contributed by atoms with Gasteiger partial charge in [0.25, 0.3) is 0 Å². The van der Waals surface area contributed by atoms with Crippen LogP contribution in [0.15, 0.2) is 5.51 Å². The quantitative estimate of drug-likeness (QED) is 0.850. The number of nitrogens with zero attached hydrogens (tertiary/aromatic N) is 3. The van der Waals surface area contributed by atoms with E-state index in [1.165, 1.54) is 37.0 Å².